The molecule has 0 bridgehead atoms. The van der Waals surface area contributed by atoms with Crippen molar-refractivity contribution in [2.75, 3.05) is 25.4 Å². The average molecular weight is 246 g/mol. The van der Waals surface area contributed by atoms with E-state index in [1.54, 1.807) is 0 Å². The fraction of sp³-hybridized carbons (Fsp3) is 0.462. The highest BCUT2D eigenvalue weighted by molar-refractivity contribution is 5.78. The first-order valence-corrected chi connectivity index (χ1v) is 6.35. The first-order valence-electron chi connectivity index (χ1n) is 6.35. The highest BCUT2D eigenvalue weighted by Crippen LogP contribution is 2.16. The van der Waals surface area contributed by atoms with Gasteiger partial charge in [0, 0.05) is 31.7 Å². The number of likely N-dealkylation sites (tertiary alicyclic amines) is 1. The van der Waals surface area contributed by atoms with E-state index in [2.05, 4.69) is 14.9 Å². The number of aromatic amines is 1. The van der Waals surface area contributed by atoms with Crippen molar-refractivity contribution in [1.82, 2.24) is 14.9 Å². The second kappa shape index (κ2) is 4.59. The van der Waals surface area contributed by atoms with Crippen molar-refractivity contribution >= 4 is 16.7 Å². The first kappa shape index (κ1) is 11.5. The lowest BCUT2D eigenvalue weighted by molar-refractivity contribution is 0.176. The minimum Gasteiger partial charge on any atom is -0.399 e. The van der Waals surface area contributed by atoms with Crippen molar-refractivity contribution in [3.8, 4) is 0 Å². The third kappa shape index (κ3) is 2.32. The van der Waals surface area contributed by atoms with Crippen LogP contribution in [0.5, 0.6) is 0 Å². The summed E-state index contributed by atoms with van der Waals surface area (Å²) in [6.07, 6.45) is 1.61. The Kier molecular flexibility index (Phi) is 2.93. The van der Waals surface area contributed by atoms with E-state index in [0.717, 1.165) is 55.0 Å². The molecule has 0 aliphatic carbocycles. The Morgan fingerprint density at radius 3 is 3.17 bits per heavy atom. The number of hydrogen-bond acceptors (Lipinski definition) is 4. The number of fused-ring (bicyclic) bond motifs is 1. The van der Waals surface area contributed by atoms with Crippen LogP contribution in [0.25, 0.3) is 11.0 Å². The number of aliphatic hydroxyl groups is 1. The Morgan fingerprint density at radius 1 is 1.50 bits per heavy atom. The van der Waals surface area contributed by atoms with Gasteiger partial charge in [0.05, 0.1) is 17.1 Å². The van der Waals surface area contributed by atoms with Crippen LogP contribution < -0.4 is 5.73 Å². The molecule has 0 spiro atoms. The number of β-amino-alcohol motifs (C(OH)–C–C–N with tert-alkyl or cyclic N) is 1. The second-order valence-corrected chi connectivity index (χ2v) is 4.95. The summed E-state index contributed by atoms with van der Waals surface area (Å²) in [5, 5.41) is 9.46. The van der Waals surface area contributed by atoms with Crippen molar-refractivity contribution in [3.05, 3.63) is 24.0 Å². The van der Waals surface area contributed by atoms with Crippen LogP contribution in [-0.4, -0.2) is 45.7 Å². The van der Waals surface area contributed by atoms with Gasteiger partial charge in [-0.3, -0.25) is 0 Å². The molecule has 18 heavy (non-hydrogen) atoms. The number of aromatic nitrogens is 2. The Labute approximate surface area is 106 Å². The number of rotatable bonds is 3. The number of imidazole rings is 1. The van der Waals surface area contributed by atoms with Crippen LogP contribution in [0.1, 0.15) is 12.2 Å². The summed E-state index contributed by atoms with van der Waals surface area (Å²) in [6.45, 7) is 2.70. The molecule has 1 atom stereocenters. The molecule has 4 N–H and O–H groups in total. The number of anilines is 1. The predicted molar refractivity (Wildman–Crippen MR) is 71.3 cm³/mol. The summed E-state index contributed by atoms with van der Waals surface area (Å²) >= 11 is 0. The highest BCUT2D eigenvalue weighted by Gasteiger charge is 2.19. The second-order valence-electron chi connectivity index (χ2n) is 4.95. The molecule has 1 unspecified atom stereocenters. The van der Waals surface area contributed by atoms with Crippen molar-refractivity contribution in [1.29, 1.82) is 0 Å². The number of nitrogens with two attached hydrogens (primary N) is 1. The molecular formula is C13H18N4O. The number of benzene rings is 1. The lowest BCUT2D eigenvalue weighted by atomic mass is 10.3. The Morgan fingerprint density at radius 2 is 2.39 bits per heavy atom. The topological polar surface area (TPSA) is 78.2 Å². The van der Waals surface area contributed by atoms with Crippen molar-refractivity contribution in [2.24, 2.45) is 0 Å². The molecule has 3 rings (SSSR count). The Bertz CT molecular complexity index is 551. The molecule has 1 aromatic heterocycles. The third-order valence-electron chi connectivity index (χ3n) is 3.47. The maximum Gasteiger partial charge on any atom is 0.108 e. The van der Waals surface area contributed by atoms with Crippen LogP contribution in [0.15, 0.2) is 18.2 Å². The smallest absolute Gasteiger partial charge is 0.108 e. The molecule has 1 saturated heterocycles. The summed E-state index contributed by atoms with van der Waals surface area (Å²) in [6, 6.07) is 5.71. The van der Waals surface area contributed by atoms with E-state index in [4.69, 9.17) is 5.73 Å². The van der Waals surface area contributed by atoms with Gasteiger partial charge in [0.25, 0.3) is 0 Å². The zero-order valence-electron chi connectivity index (χ0n) is 10.3. The Hall–Kier alpha value is -1.59. The summed E-state index contributed by atoms with van der Waals surface area (Å²) in [5.74, 6) is 0.983. The zero-order valence-corrected chi connectivity index (χ0v) is 10.3. The van der Waals surface area contributed by atoms with Gasteiger partial charge in [0.2, 0.25) is 0 Å². The van der Waals surface area contributed by atoms with E-state index in [0.29, 0.717) is 0 Å². The monoisotopic (exact) mass is 246 g/mol. The van der Waals surface area contributed by atoms with E-state index < -0.39 is 0 Å². The molecule has 2 aromatic rings. The van der Waals surface area contributed by atoms with Crippen LogP contribution >= 0.6 is 0 Å². The number of hydrogen-bond donors (Lipinski definition) is 3. The number of nitrogen functional groups attached to an aromatic ring is 1. The molecule has 5 heteroatoms. The van der Waals surface area contributed by atoms with Crippen LogP contribution in [0, 0.1) is 0 Å². The maximum atomic E-state index is 9.46. The molecule has 1 fully saturated rings. The van der Waals surface area contributed by atoms with Gasteiger partial charge in [-0.25, -0.2) is 4.98 Å². The molecule has 2 heterocycles. The van der Waals surface area contributed by atoms with Crippen LogP contribution in [0.4, 0.5) is 5.69 Å². The van der Waals surface area contributed by atoms with Gasteiger partial charge in [-0.1, -0.05) is 0 Å². The summed E-state index contributed by atoms with van der Waals surface area (Å²) < 4.78 is 0. The fourth-order valence-electron chi connectivity index (χ4n) is 2.48. The average Bonchev–Trinajstić information content (AvgIpc) is 2.92. The van der Waals surface area contributed by atoms with Crippen molar-refractivity contribution < 1.29 is 5.11 Å². The van der Waals surface area contributed by atoms with Gasteiger partial charge >= 0.3 is 0 Å². The lowest BCUT2D eigenvalue weighted by Crippen LogP contribution is -2.24. The fourth-order valence-corrected chi connectivity index (χ4v) is 2.48. The number of nitrogens with zero attached hydrogens (tertiary/aromatic N) is 2. The van der Waals surface area contributed by atoms with Crippen molar-refractivity contribution in [2.45, 2.75) is 18.9 Å². The molecule has 0 amide bonds. The number of nitrogens with one attached hydrogen (secondary N) is 1. The molecule has 0 saturated carbocycles. The van der Waals surface area contributed by atoms with E-state index in [-0.39, 0.29) is 6.10 Å². The van der Waals surface area contributed by atoms with Crippen molar-refractivity contribution in [3.63, 3.8) is 0 Å². The number of aliphatic hydroxyl groups excluding tert-OH is 1. The standard InChI is InChI=1S/C13H18N4O/c14-9-1-2-11-12(7-9)16-13(15-11)4-6-17-5-3-10(18)8-17/h1-2,7,10,18H,3-6,8,14H2,(H,15,16). The SMILES string of the molecule is Nc1ccc2nc(CCN3CCC(O)C3)[nH]c2c1. The molecule has 0 radical (unpaired) electrons. The van der Waals surface area contributed by atoms with Gasteiger partial charge in [-0.2, -0.15) is 0 Å². The molecule has 1 aliphatic rings. The maximum absolute atomic E-state index is 9.46. The van der Waals surface area contributed by atoms with Crippen LogP contribution in [0.3, 0.4) is 0 Å². The van der Waals surface area contributed by atoms with E-state index in [1.807, 2.05) is 18.2 Å². The number of H-pyrrole nitrogens is 1. The van der Waals surface area contributed by atoms with Gasteiger partial charge < -0.3 is 20.7 Å². The molecular weight excluding hydrogens is 228 g/mol. The summed E-state index contributed by atoms with van der Waals surface area (Å²) in [4.78, 5) is 10.1. The zero-order chi connectivity index (χ0) is 12.5. The van der Waals surface area contributed by atoms with Crippen LogP contribution in [-0.2, 0) is 6.42 Å². The van der Waals surface area contributed by atoms with Gasteiger partial charge in [0.1, 0.15) is 5.82 Å². The largest absolute Gasteiger partial charge is 0.399 e. The van der Waals surface area contributed by atoms with E-state index in [9.17, 15) is 5.11 Å². The van der Waals surface area contributed by atoms with Gasteiger partial charge in [-0.15, -0.1) is 0 Å². The van der Waals surface area contributed by atoms with Gasteiger partial charge in [-0.05, 0) is 24.6 Å². The minimum atomic E-state index is -0.152. The summed E-state index contributed by atoms with van der Waals surface area (Å²) in [5.41, 5.74) is 8.44. The lowest BCUT2D eigenvalue weighted by Gasteiger charge is -2.13. The Balaban J connectivity index is 1.67. The van der Waals surface area contributed by atoms with E-state index in [1.165, 1.54) is 0 Å². The quantitative estimate of drug-likeness (QED) is 0.698. The first-order chi connectivity index (χ1) is 8.70. The van der Waals surface area contributed by atoms with Crippen LogP contribution in [0.2, 0.25) is 0 Å². The molecule has 5 nitrogen and oxygen atoms in total. The molecule has 1 aromatic carbocycles. The highest BCUT2D eigenvalue weighted by atomic mass is 16.3. The molecule has 96 valence electrons. The van der Waals surface area contributed by atoms with Gasteiger partial charge in [0.15, 0.2) is 0 Å². The molecule has 1 aliphatic heterocycles. The minimum absolute atomic E-state index is 0.152. The van der Waals surface area contributed by atoms with E-state index >= 15 is 0 Å². The summed E-state index contributed by atoms with van der Waals surface area (Å²) in [7, 11) is 0. The predicted octanol–water partition coefficient (Wildman–Crippen LogP) is 0.754. The normalized spacial score (nSPS) is 20.8. The third-order valence-corrected chi connectivity index (χ3v) is 3.47.